The van der Waals surface area contributed by atoms with Crippen molar-refractivity contribution in [3.05, 3.63) is 11.6 Å². The molecule has 1 heterocycles. The molecule has 3 atom stereocenters. The summed E-state index contributed by atoms with van der Waals surface area (Å²) in [5.74, 6) is -1.24. The molecule has 1 fully saturated rings. The lowest BCUT2D eigenvalue weighted by Crippen LogP contribution is -2.61. The second-order valence-electron chi connectivity index (χ2n) is 10.7. The zero-order valence-corrected chi connectivity index (χ0v) is 21.6. The van der Waals surface area contributed by atoms with Crippen LogP contribution in [0.3, 0.4) is 0 Å². The van der Waals surface area contributed by atoms with Gasteiger partial charge in [0.05, 0.1) is 12.1 Å². The molecule has 1 saturated heterocycles. The highest BCUT2D eigenvalue weighted by molar-refractivity contribution is 5.91. The van der Waals surface area contributed by atoms with E-state index in [1.807, 2.05) is 41.5 Å². The third kappa shape index (κ3) is 7.32. The SMILES string of the molecule is CCN(C(=O)[C@@H](NC(=O)C1CCCCN1C(C)C)C(C)(C)C)[C@H](C=C(C)C(=O)O)C(C)C. The number of rotatable bonds is 9. The number of carboxylic acids is 1. The maximum atomic E-state index is 13.8. The summed E-state index contributed by atoms with van der Waals surface area (Å²) in [6.07, 6.45) is 4.53. The number of aliphatic carboxylic acids is 1. The average Bonchev–Trinajstić information content (AvgIpc) is 2.69. The van der Waals surface area contributed by atoms with Gasteiger partial charge in [-0.3, -0.25) is 14.5 Å². The third-order valence-corrected chi connectivity index (χ3v) is 6.33. The van der Waals surface area contributed by atoms with Crippen LogP contribution in [-0.4, -0.2) is 69.9 Å². The number of carboxylic acid groups (broad SMARTS) is 1. The van der Waals surface area contributed by atoms with Gasteiger partial charge in [0.15, 0.2) is 0 Å². The van der Waals surface area contributed by atoms with E-state index in [2.05, 4.69) is 24.1 Å². The van der Waals surface area contributed by atoms with Crippen molar-refractivity contribution in [3.63, 3.8) is 0 Å². The predicted molar refractivity (Wildman–Crippen MR) is 128 cm³/mol. The molecular weight excluding hydrogens is 406 g/mol. The van der Waals surface area contributed by atoms with Gasteiger partial charge in [-0.05, 0) is 58.4 Å². The van der Waals surface area contributed by atoms with Crippen LogP contribution in [0.5, 0.6) is 0 Å². The molecule has 32 heavy (non-hydrogen) atoms. The molecule has 0 saturated carbocycles. The third-order valence-electron chi connectivity index (χ3n) is 6.33. The molecule has 0 bridgehead atoms. The number of likely N-dealkylation sites (tertiary alicyclic amines) is 1. The standard InChI is InChI=1S/C25H45N3O4/c1-10-27(20(16(2)3)15-18(6)24(31)32)23(30)21(25(7,8)9)26-22(29)19-13-11-12-14-28(19)17(4)5/h15-17,19-21H,10-14H2,1-9H3,(H,26,29)(H,31,32)/t19?,20-,21-/m1/s1. The van der Waals surface area contributed by atoms with E-state index in [1.165, 1.54) is 0 Å². The molecule has 0 aromatic carbocycles. The van der Waals surface area contributed by atoms with Crippen LogP contribution < -0.4 is 5.32 Å². The Hall–Kier alpha value is -1.89. The van der Waals surface area contributed by atoms with E-state index >= 15 is 0 Å². The Morgan fingerprint density at radius 1 is 1.16 bits per heavy atom. The number of likely N-dealkylation sites (N-methyl/N-ethyl adjacent to an activating group) is 1. The van der Waals surface area contributed by atoms with Gasteiger partial charge >= 0.3 is 5.97 Å². The molecular formula is C25H45N3O4. The van der Waals surface area contributed by atoms with Crippen molar-refractivity contribution in [3.8, 4) is 0 Å². The second-order valence-corrected chi connectivity index (χ2v) is 10.7. The zero-order valence-electron chi connectivity index (χ0n) is 21.6. The second kappa shape index (κ2) is 11.8. The predicted octanol–water partition coefficient (Wildman–Crippen LogP) is 3.68. The first-order valence-electron chi connectivity index (χ1n) is 12.0. The van der Waals surface area contributed by atoms with Crippen LogP contribution in [0.25, 0.3) is 0 Å². The largest absolute Gasteiger partial charge is 0.478 e. The minimum atomic E-state index is -0.995. The number of amides is 2. The van der Waals surface area contributed by atoms with Gasteiger partial charge in [-0.15, -0.1) is 0 Å². The van der Waals surface area contributed by atoms with Crippen molar-refractivity contribution in [1.82, 2.24) is 15.1 Å². The Bertz CT molecular complexity index is 694. The Labute approximate surface area is 194 Å². The van der Waals surface area contributed by atoms with E-state index in [0.29, 0.717) is 6.54 Å². The monoisotopic (exact) mass is 451 g/mol. The van der Waals surface area contributed by atoms with Crippen molar-refractivity contribution in [2.24, 2.45) is 11.3 Å². The summed E-state index contributed by atoms with van der Waals surface area (Å²) in [5.41, 5.74) is -0.286. The molecule has 7 heteroatoms. The summed E-state index contributed by atoms with van der Waals surface area (Å²) < 4.78 is 0. The van der Waals surface area contributed by atoms with Gasteiger partial charge in [0.25, 0.3) is 0 Å². The average molecular weight is 452 g/mol. The van der Waals surface area contributed by atoms with Gasteiger partial charge in [-0.25, -0.2) is 4.79 Å². The van der Waals surface area contributed by atoms with Crippen LogP contribution in [0, 0.1) is 11.3 Å². The van der Waals surface area contributed by atoms with Gasteiger partial charge < -0.3 is 15.3 Å². The summed E-state index contributed by atoms with van der Waals surface area (Å²) in [5, 5.41) is 12.4. The highest BCUT2D eigenvalue weighted by atomic mass is 16.4. The summed E-state index contributed by atoms with van der Waals surface area (Å²) in [4.78, 5) is 42.4. The van der Waals surface area contributed by atoms with E-state index in [-0.39, 0.29) is 41.4 Å². The smallest absolute Gasteiger partial charge is 0.331 e. The maximum absolute atomic E-state index is 13.8. The Morgan fingerprint density at radius 2 is 1.75 bits per heavy atom. The normalized spacial score (nSPS) is 20.2. The number of nitrogens with zero attached hydrogens (tertiary/aromatic N) is 2. The molecule has 0 aromatic heterocycles. The van der Waals surface area contributed by atoms with Gasteiger partial charge in [0, 0.05) is 18.2 Å². The lowest BCUT2D eigenvalue weighted by atomic mass is 9.84. The number of hydrogen-bond acceptors (Lipinski definition) is 4. The molecule has 0 radical (unpaired) electrons. The topological polar surface area (TPSA) is 90.0 Å². The van der Waals surface area contributed by atoms with E-state index in [1.54, 1.807) is 17.9 Å². The lowest BCUT2D eigenvalue weighted by Gasteiger charge is -2.41. The van der Waals surface area contributed by atoms with Crippen LogP contribution in [0.1, 0.15) is 81.6 Å². The molecule has 1 unspecified atom stereocenters. The fraction of sp³-hybridized carbons (Fsp3) is 0.800. The Kier molecular flexibility index (Phi) is 10.4. The number of hydrogen-bond donors (Lipinski definition) is 2. The number of carbonyl (C=O) groups is 3. The molecule has 7 nitrogen and oxygen atoms in total. The molecule has 184 valence electrons. The van der Waals surface area contributed by atoms with E-state index in [0.717, 1.165) is 25.8 Å². The van der Waals surface area contributed by atoms with Crippen molar-refractivity contribution >= 4 is 17.8 Å². The van der Waals surface area contributed by atoms with Crippen molar-refractivity contribution in [2.45, 2.75) is 106 Å². The van der Waals surface area contributed by atoms with Crippen LogP contribution in [-0.2, 0) is 14.4 Å². The highest BCUT2D eigenvalue weighted by Crippen LogP contribution is 2.26. The minimum Gasteiger partial charge on any atom is -0.478 e. The van der Waals surface area contributed by atoms with Gasteiger partial charge in [-0.2, -0.15) is 0 Å². The number of piperidine rings is 1. The van der Waals surface area contributed by atoms with Crippen LogP contribution in [0.4, 0.5) is 0 Å². The highest BCUT2D eigenvalue weighted by Gasteiger charge is 2.40. The summed E-state index contributed by atoms with van der Waals surface area (Å²) >= 11 is 0. The van der Waals surface area contributed by atoms with Crippen LogP contribution in [0.2, 0.25) is 0 Å². The van der Waals surface area contributed by atoms with Crippen molar-refractivity contribution in [2.75, 3.05) is 13.1 Å². The van der Waals surface area contributed by atoms with Crippen LogP contribution >= 0.6 is 0 Å². The number of carbonyl (C=O) groups excluding carboxylic acids is 2. The first kappa shape index (κ1) is 28.1. The minimum absolute atomic E-state index is 0.0271. The quantitative estimate of drug-likeness (QED) is 0.522. The Balaban J connectivity index is 3.24. The van der Waals surface area contributed by atoms with E-state index in [4.69, 9.17) is 0 Å². The zero-order chi connectivity index (χ0) is 24.8. The molecule has 0 aromatic rings. The van der Waals surface area contributed by atoms with Crippen molar-refractivity contribution < 1.29 is 19.5 Å². The maximum Gasteiger partial charge on any atom is 0.331 e. The Morgan fingerprint density at radius 3 is 2.19 bits per heavy atom. The van der Waals surface area contributed by atoms with Crippen molar-refractivity contribution in [1.29, 1.82) is 0 Å². The molecule has 1 aliphatic heterocycles. The fourth-order valence-corrected chi connectivity index (χ4v) is 4.39. The molecule has 2 N–H and O–H groups in total. The van der Waals surface area contributed by atoms with E-state index < -0.39 is 17.4 Å². The summed E-state index contributed by atoms with van der Waals surface area (Å²) in [6.45, 7) is 18.7. The van der Waals surface area contributed by atoms with Crippen LogP contribution in [0.15, 0.2) is 11.6 Å². The first-order chi connectivity index (χ1) is 14.7. The molecule has 2 amide bonds. The fourth-order valence-electron chi connectivity index (χ4n) is 4.39. The van der Waals surface area contributed by atoms with Gasteiger partial charge in [-0.1, -0.05) is 47.1 Å². The molecule has 1 aliphatic rings. The first-order valence-corrected chi connectivity index (χ1v) is 12.0. The van der Waals surface area contributed by atoms with Gasteiger partial charge in [0.2, 0.25) is 11.8 Å². The number of nitrogens with one attached hydrogen (secondary N) is 1. The summed E-state index contributed by atoms with van der Waals surface area (Å²) in [7, 11) is 0. The lowest BCUT2D eigenvalue weighted by molar-refractivity contribution is -0.143. The summed E-state index contributed by atoms with van der Waals surface area (Å²) in [6, 6.07) is -1.04. The van der Waals surface area contributed by atoms with E-state index in [9.17, 15) is 19.5 Å². The van der Waals surface area contributed by atoms with Gasteiger partial charge in [0.1, 0.15) is 6.04 Å². The molecule has 0 spiro atoms. The molecule has 0 aliphatic carbocycles. The molecule has 1 rings (SSSR count).